The Kier molecular flexibility index (Phi) is 4.58. The largest absolute Gasteiger partial charge is 0.479 e. The predicted molar refractivity (Wildman–Crippen MR) is 86.5 cm³/mol. The van der Waals surface area contributed by atoms with Crippen LogP contribution in [0.1, 0.15) is 24.3 Å². The highest BCUT2D eigenvalue weighted by atomic mass is 32.1. The average Bonchev–Trinajstić information content (AvgIpc) is 3.14. The number of hydrogen-bond donors (Lipinski definition) is 2. The number of aryl methyl sites for hydroxylation is 1. The molecular formula is C16H18N2O4S. The number of para-hydroxylation sites is 1. The molecule has 6 nitrogen and oxygen atoms in total. The van der Waals surface area contributed by atoms with Gasteiger partial charge in [0.05, 0.1) is 21.8 Å². The van der Waals surface area contributed by atoms with Crippen molar-refractivity contribution in [3.8, 4) is 0 Å². The number of carbonyl (C=O) groups is 2. The van der Waals surface area contributed by atoms with Gasteiger partial charge in [-0.25, -0.2) is 9.78 Å². The van der Waals surface area contributed by atoms with Gasteiger partial charge >= 0.3 is 5.97 Å². The Bertz CT molecular complexity index is 689. The second kappa shape index (κ2) is 6.64. The number of aromatic nitrogens is 1. The van der Waals surface area contributed by atoms with Crippen molar-refractivity contribution < 1.29 is 19.4 Å². The van der Waals surface area contributed by atoms with E-state index in [0.29, 0.717) is 25.9 Å². The van der Waals surface area contributed by atoms with Crippen LogP contribution in [0.25, 0.3) is 10.2 Å². The lowest BCUT2D eigenvalue weighted by Crippen LogP contribution is -2.55. The maximum atomic E-state index is 12.0. The molecule has 1 aromatic carbocycles. The summed E-state index contributed by atoms with van der Waals surface area (Å²) in [4.78, 5) is 27.9. The molecule has 1 fully saturated rings. The lowest BCUT2D eigenvalue weighted by molar-refractivity contribution is -0.147. The zero-order valence-electron chi connectivity index (χ0n) is 12.6. The zero-order chi connectivity index (χ0) is 16.3. The normalized spacial score (nSPS) is 20.7. The Morgan fingerprint density at radius 1 is 1.39 bits per heavy atom. The molecule has 0 radical (unpaired) electrons. The van der Waals surface area contributed by atoms with Gasteiger partial charge in [-0.2, -0.15) is 0 Å². The number of carboxylic acid groups (broad SMARTS) is 1. The van der Waals surface area contributed by atoms with Crippen LogP contribution in [0.5, 0.6) is 0 Å². The van der Waals surface area contributed by atoms with Gasteiger partial charge in [0.1, 0.15) is 0 Å². The Balaban J connectivity index is 1.52. The number of rotatable bonds is 6. The van der Waals surface area contributed by atoms with Gasteiger partial charge in [-0.15, -0.1) is 11.3 Å². The Labute approximate surface area is 137 Å². The van der Waals surface area contributed by atoms with Gasteiger partial charge in [-0.3, -0.25) is 4.79 Å². The summed E-state index contributed by atoms with van der Waals surface area (Å²) in [6.07, 6.45) is 1.95. The van der Waals surface area contributed by atoms with E-state index in [1.54, 1.807) is 11.3 Å². The molecule has 0 saturated carbocycles. The number of aliphatic carboxylic acids is 1. The first-order valence-electron chi connectivity index (χ1n) is 7.56. The lowest BCUT2D eigenvalue weighted by Gasteiger charge is -2.23. The first-order valence-corrected chi connectivity index (χ1v) is 8.37. The van der Waals surface area contributed by atoms with Crippen LogP contribution in [0, 0.1) is 0 Å². The standard InChI is InChI=1S/C16H18N2O4S/c19-13(18-16(15(20)21)8-9-22-10-16)6-3-7-14-17-11-4-1-2-5-12(11)23-14/h1-2,4-5H,3,6-10H2,(H,18,19)(H,20,21). The summed E-state index contributed by atoms with van der Waals surface area (Å²) >= 11 is 1.63. The molecular weight excluding hydrogens is 316 g/mol. The number of benzene rings is 1. The van der Waals surface area contributed by atoms with E-state index in [1.165, 1.54) is 0 Å². The Morgan fingerprint density at radius 2 is 2.22 bits per heavy atom. The summed E-state index contributed by atoms with van der Waals surface area (Å²) in [7, 11) is 0. The SMILES string of the molecule is O=C(CCCc1nc2ccccc2s1)NC1(C(=O)O)CCOC1. The molecule has 2 N–H and O–H groups in total. The Hall–Kier alpha value is -1.99. The van der Waals surface area contributed by atoms with Crippen LogP contribution in [0.2, 0.25) is 0 Å². The minimum Gasteiger partial charge on any atom is -0.479 e. The fourth-order valence-electron chi connectivity index (χ4n) is 2.64. The van der Waals surface area contributed by atoms with Crippen LogP contribution in [-0.4, -0.2) is 40.7 Å². The number of fused-ring (bicyclic) bond motifs is 1. The zero-order valence-corrected chi connectivity index (χ0v) is 13.4. The van der Waals surface area contributed by atoms with E-state index in [-0.39, 0.29) is 18.9 Å². The number of nitrogens with one attached hydrogen (secondary N) is 1. The second-order valence-electron chi connectivity index (χ2n) is 5.67. The van der Waals surface area contributed by atoms with Crippen LogP contribution in [-0.2, 0) is 20.7 Å². The molecule has 0 bridgehead atoms. The molecule has 23 heavy (non-hydrogen) atoms. The molecule has 3 rings (SSSR count). The highest BCUT2D eigenvalue weighted by Crippen LogP contribution is 2.23. The summed E-state index contributed by atoms with van der Waals surface area (Å²) in [5.74, 6) is -1.28. The first kappa shape index (κ1) is 15.9. The van der Waals surface area contributed by atoms with Gasteiger partial charge in [0, 0.05) is 19.4 Å². The average molecular weight is 334 g/mol. The van der Waals surface area contributed by atoms with E-state index in [1.807, 2.05) is 24.3 Å². The van der Waals surface area contributed by atoms with Crippen LogP contribution in [0.3, 0.4) is 0 Å². The first-order chi connectivity index (χ1) is 11.1. The third kappa shape index (κ3) is 3.51. The van der Waals surface area contributed by atoms with Crippen molar-refractivity contribution in [3.63, 3.8) is 0 Å². The van der Waals surface area contributed by atoms with E-state index in [0.717, 1.165) is 15.2 Å². The van der Waals surface area contributed by atoms with Crippen LogP contribution in [0.15, 0.2) is 24.3 Å². The highest BCUT2D eigenvalue weighted by molar-refractivity contribution is 7.18. The van der Waals surface area contributed by atoms with Crippen molar-refractivity contribution in [1.82, 2.24) is 10.3 Å². The summed E-state index contributed by atoms with van der Waals surface area (Å²) in [5.41, 5.74) is -0.280. The van der Waals surface area contributed by atoms with E-state index in [4.69, 9.17) is 4.74 Å². The van der Waals surface area contributed by atoms with E-state index < -0.39 is 11.5 Å². The maximum Gasteiger partial charge on any atom is 0.331 e. The second-order valence-corrected chi connectivity index (χ2v) is 6.78. The van der Waals surface area contributed by atoms with Gasteiger partial charge in [-0.1, -0.05) is 12.1 Å². The molecule has 1 atom stereocenters. The summed E-state index contributed by atoms with van der Waals surface area (Å²) in [6, 6.07) is 7.93. The molecule has 1 aliphatic heterocycles. The number of amides is 1. The van der Waals surface area contributed by atoms with Gasteiger partial charge in [0.2, 0.25) is 5.91 Å². The number of carbonyl (C=O) groups excluding carboxylic acids is 1. The molecule has 1 aliphatic rings. The van der Waals surface area contributed by atoms with Crippen molar-refractivity contribution in [1.29, 1.82) is 0 Å². The molecule has 2 heterocycles. The van der Waals surface area contributed by atoms with Gasteiger partial charge in [-0.05, 0) is 25.0 Å². The molecule has 7 heteroatoms. The minimum absolute atomic E-state index is 0.0337. The van der Waals surface area contributed by atoms with E-state index in [2.05, 4.69) is 10.3 Å². The van der Waals surface area contributed by atoms with Crippen molar-refractivity contribution in [2.45, 2.75) is 31.2 Å². The van der Waals surface area contributed by atoms with Crippen LogP contribution >= 0.6 is 11.3 Å². The molecule has 1 aromatic heterocycles. The molecule has 0 spiro atoms. The van der Waals surface area contributed by atoms with Crippen molar-refractivity contribution in [3.05, 3.63) is 29.3 Å². The monoisotopic (exact) mass is 334 g/mol. The molecule has 1 amide bonds. The smallest absolute Gasteiger partial charge is 0.331 e. The maximum absolute atomic E-state index is 12.0. The van der Waals surface area contributed by atoms with Gasteiger partial charge < -0.3 is 15.2 Å². The number of nitrogens with zero attached hydrogens (tertiary/aromatic N) is 1. The molecule has 122 valence electrons. The number of hydrogen-bond acceptors (Lipinski definition) is 5. The number of thiazole rings is 1. The minimum atomic E-state index is -1.26. The molecule has 1 unspecified atom stereocenters. The lowest BCUT2D eigenvalue weighted by atomic mass is 9.98. The summed E-state index contributed by atoms with van der Waals surface area (Å²) in [6.45, 7) is 0.393. The fourth-order valence-corrected chi connectivity index (χ4v) is 3.65. The third-order valence-corrected chi connectivity index (χ3v) is 5.04. The van der Waals surface area contributed by atoms with Gasteiger partial charge in [0.25, 0.3) is 0 Å². The Morgan fingerprint density at radius 3 is 2.91 bits per heavy atom. The van der Waals surface area contributed by atoms with Crippen molar-refractivity contribution >= 4 is 33.4 Å². The third-order valence-electron chi connectivity index (χ3n) is 3.94. The molecule has 1 saturated heterocycles. The van der Waals surface area contributed by atoms with E-state index in [9.17, 15) is 14.7 Å². The van der Waals surface area contributed by atoms with Gasteiger partial charge in [0.15, 0.2) is 5.54 Å². The molecule has 2 aromatic rings. The van der Waals surface area contributed by atoms with E-state index >= 15 is 0 Å². The van der Waals surface area contributed by atoms with Crippen molar-refractivity contribution in [2.24, 2.45) is 0 Å². The summed E-state index contributed by atoms with van der Waals surface area (Å²) in [5, 5.41) is 12.9. The highest BCUT2D eigenvalue weighted by Gasteiger charge is 2.43. The van der Waals surface area contributed by atoms with Crippen molar-refractivity contribution in [2.75, 3.05) is 13.2 Å². The quantitative estimate of drug-likeness (QED) is 0.843. The fraction of sp³-hybridized carbons (Fsp3) is 0.438. The topological polar surface area (TPSA) is 88.5 Å². The molecule has 0 aliphatic carbocycles. The van der Waals surface area contributed by atoms with Crippen LogP contribution < -0.4 is 5.32 Å². The van der Waals surface area contributed by atoms with Crippen LogP contribution in [0.4, 0.5) is 0 Å². The number of ether oxygens (including phenoxy) is 1. The summed E-state index contributed by atoms with van der Waals surface area (Å²) < 4.78 is 6.27. The predicted octanol–water partition coefficient (Wildman–Crippen LogP) is 1.98. The number of carboxylic acids is 1.